The van der Waals surface area contributed by atoms with Crippen molar-refractivity contribution >= 4 is 39.3 Å². The zero-order valence-electron chi connectivity index (χ0n) is 17.0. The number of fused-ring (bicyclic) bond motifs is 2. The van der Waals surface area contributed by atoms with Crippen LogP contribution in [-0.4, -0.2) is 49.2 Å². The minimum absolute atomic E-state index is 0.0523. The summed E-state index contributed by atoms with van der Waals surface area (Å²) >= 11 is 0. The number of benzene rings is 2. The van der Waals surface area contributed by atoms with Crippen LogP contribution >= 0.6 is 0 Å². The van der Waals surface area contributed by atoms with Crippen LogP contribution < -0.4 is 10.6 Å². The van der Waals surface area contributed by atoms with E-state index in [1.807, 2.05) is 12.2 Å². The topological polar surface area (TPSA) is 130 Å². The fourth-order valence-corrected chi connectivity index (χ4v) is 4.03. The number of sulfonamides is 1. The van der Waals surface area contributed by atoms with Crippen LogP contribution in [0.15, 0.2) is 42.5 Å². The summed E-state index contributed by atoms with van der Waals surface area (Å²) in [6, 6.07) is 8.61. The molecule has 0 heterocycles. The SMILES string of the molecule is CCCCN(C(=O)NC(=O)Nc1ccc2c(c1)C(=O)c1ccccc1C2=O)S(C)(=O)=O. The monoisotopic (exact) mass is 443 g/mol. The Hall–Kier alpha value is -3.53. The van der Waals surface area contributed by atoms with Gasteiger partial charge in [-0.2, -0.15) is 0 Å². The van der Waals surface area contributed by atoms with E-state index < -0.39 is 22.1 Å². The van der Waals surface area contributed by atoms with Crippen LogP contribution in [0, 0.1) is 0 Å². The molecular weight excluding hydrogens is 422 g/mol. The maximum atomic E-state index is 12.8. The van der Waals surface area contributed by atoms with Crippen LogP contribution in [0.2, 0.25) is 0 Å². The highest BCUT2D eigenvalue weighted by molar-refractivity contribution is 7.88. The van der Waals surface area contributed by atoms with Gasteiger partial charge in [-0.3, -0.25) is 14.9 Å². The molecule has 2 aromatic rings. The Bertz CT molecular complexity index is 1190. The molecule has 1 aliphatic rings. The van der Waals surface area contributed by atoms with Gasteiger partial charge < -0.3 is 5.32 Å². The molecule has 162 valence electrons. The number of nitrogens with one attached hydrogen (secondary N) is 2. The third-order valence-electron chi connectivity index (χ3n) is 4.75. The molecule has 0 radical (unpaired) electrons. The summed E-state index contributed by atoms with van der Waals surface area (Å²) < 4.78 is 24.2. The van der Waals surface area contributed by atoms with Crippen LogP contribution in [0.25, 0.3) is 0 Å². The maximum absolute atomic E-state index is 12.8. The van der Waals surface area contributed by atoms with Gasteiger partial charge in [0.1, 0.15) is 0 Å². The van der Waals surface area contributed by atoms with Crippen molar-refractivity contribution in [3.63, 3.8) is 0 Å². The van der Waals surface area contributed by atoms with Crippen molar-refractivity contribution in [3.05, 3.63) is 64.7 Å². The van der Waals surface area contributed by atoms with E-state index in [0.29, 0.717) is 22.7 Å². The van der Waals surface area contributed by atoms with E-state index in [0.717, 1.165) is 6.26 Å². The summed E-state index contributed by atoms with van der Waals surface area (Å²) in [6.45, 7) is 1.79. The summed E-state index contributed by atoms with van der Waals surface area (Å²) in [6.07, 6.45) is 1.99. The van der Waals surface area contributed by atoms with Gasteiger partial charge in [-0.05, 0) is 24.6 Å². The lowest BCUT2D eigenvalue weighted by atomic mass is 9.84. The number of urea groups is 2. The Morgan fingerprint density at radius 3 is 2.10 bits per heavy atom. The molecule has 0 fully saturated rings. The molecule has 10 heteroatoms. The Kier molecular flexibility index (Phi) is 6.21. The number of anilines is 1. The number of hydrogen-bond acceptors (Lipinski definition) is 6. The third-order valence-corrected chi connectivity index (χ3v) is 5.89. The molecule has 2 aromatic carbocycles. The van der Waals surface area contributed by atoms with Gasteiger partial charge in [0.05, 0.1) is 6.26 Å². The van der Waals surface area contributed by atoms with Crippen LogP contribution in [0.5, 0.6) is 0 Å². The van der Waals surface area contributed by atoms with Gasteiger partial charge in [0.2, 0.25) is 10.0 Å². The molecule has 0 saturated heterocycles. The second-order valence-corrected chi connectivity index (χ2v) is 8.94. The summed E-state index contributed by atoms with van der Waals surface area (Å²) in [5.41, 5.74) is 1.11. The highest BCUT2D eigenvalue weighted by Gasteiger charge is 2.30. The fraction of sp³-hybridized carbons (Fsp3) is 0.238. The van der Waals surface area contributed by atoms with E-state index in [4.69, 9.17) is 0 Å². The van der Waals surface area contributed by atoms with Crippen LogP contribution in [0.4, 0.5) is 15.3 Å². The van der Waals surface area contributed by atoms with Crippen molar-refractivity contribution in [2.45, 2.75) is 19.8 Å². The number of carbonyl (C=O) groups excluding carboxylic acids is 4. The van der Waals surface area contributed by atoms with Gasteiger partial charge >= 0.3 is 12.1 Å². The van der Waals surface area contributed by atoms with E-state index >= 15 is 0 Å². The molecule has 0 bridgehead atoms. The number of hydrogen-bond donors (Lipinski definition) is 2. The van der Waals surface area contributed by atoms with Crippen molar-refractivity contribution in [3.8, 4) is 0 Å². The number of amides is 4. The number of carbonyl (C=O) groups is 4. The van der Waals surface area contributed by atoms with Crippen LogP contribution in [-0.2, 0) is 10.0 Å². The van der Waals surface area contributed by atoms with Gasteiger partial charge in [0, 0.05) is 34.5 Å². The van der Waals surface area contributed by atoms with Gasteiger partial charge in [0.25, 0.3) is 0 Å². The average Bonchev–Trinajstić information content (AvgIpc) is 2.71. The Morgan fingerprint density at radius 2 is 1.52 bits per heavy atom. The standard InChI is InChI=1S/C21H21N3O6S/c1-3-4-11-24(31(2,29)30)21(28)23-20(27)22-13-9-10-16-17(12-13)19(26)15-8-6-5-7-14(15)18(16)25/h5-10,12H,3-4,11H2,1-2H3,(H2,22,23,27,28). The van der Waals surface area contributed by atoms with E-state index in [1.54, 1.807) is 24.3 Å². The van der Waals surface area contributed by atoms with Crippen molar-refractivity contribution in [1.29, 1.82) is 0 Å². The lowest BCUT2D eigenvalue weighted by Gasteiger charge is -2.20. The fourth-order valence-electron chi connectivity index (χ4n) is 3.22. The summed E-state index contributed by atoms with van der Waals surface area (Å²) in [5.74, 6) is -0.649. The highest BCUT2D eigenvalue weighted by Crippen LogP contribution is 2.29. The third kappa shape index (κ3) is 4.64. The molecule has 4 amide bonds. The predicted molar refractivity (Wildman–Crippen MR) is 114 cm³/mol. The molecule has 9 nitrogen and oxygen atoms in total. The Labute approximate surface area is 179 Å². The zero-order chi connectivity index (χ0) is 22.8. The van der Waals surface area contributed by atoms with Crippen LogP contribution in [0.1, 0.15) is 51.6 Å². The lowest BCUT2D eigenvalue weighted by molar-refractivity contribution is 0.0979. The van der Waals surface area contributed by atoms with Crippen molar-refractivity contribution in [1.82, 2.24) is 9.62 Å². The first-order chi connectivity index (χ1) is 14.6. The molecule has 2 N–H and O–H groups in total. The van der Waals surface area contributed by atoms with Crippen molar-refractivity contribution in [2.75, 3.05) is 18.1 Å². The van der Waals surface area contributed by atoms with E-state index in [9.17, 15) is 27.6 Å². The first-order valence-corrected chi connectivity index (χ1v) is 11.4. The van der Waals surface area contributed by atoms with E-state index in [2.05, 4.69) is 5.32 Å². The van der Waals surface area contributed by atoms with E-state index in [1.165, 1.54) is 18.2 Å². The van der Waals surface area contributed by atoms with Gasteiger partial charge in [-0.25, -0.2) is 22.3 Å². The second kappa shape index (κ2) is 8.68. The molecule has 0 aliphatic heterocycles. The maximum Gasteiger partial charge on any atom is 0.339 e. The van der Waals surface area contributed by atoms with Crippen LogP contribution in [0.3, 0.4) is 0 Å². The smallest absolute Gasteiger partial charge is 0.308 e. The molecule has 0 unspecified atom stereocenters. The number of rotatable bonds is 5. The van der Waals surface area contributed by atoms with Gasteiger partial charge in [-0.1, -0.05) is 37.6 Å². The number of nitrogens with zero attached hydrogens (tertiary/aromatic N) is 1. The Balaban J connectivity index is 1.77. The minimum Gasteiger partial charge on any atom is -0.308 e. The molecule has 0 aromatic heterocycles. The quantitative estimate of drug-likeness (QED) is 0.624. The lowest BCUT2D eigenvalue weighted by Crippen LogP contribution is -2.47. The molecule has 1 aliphatic carbocycles. The van der Waals surface area contributed by atoms with Crippen molar-refractivity contribution in [2.24, 2.45) is 0 Å². The van der Waals surface area contributed by atoms with E-state index in [-0.39, 0.29) is 40.5 Å². The molecule has 3 rings (SSSR count). The summed E-state index contributed by atoms with van der Waals surface area (Å²) in [7, 11) is -3.85. The molecular formula is C21H21N3O6S. The summed E-state index contributed by atoms with van der Waals surface area (Å²) in [5, 5.41) is 4.35. The molecule has 0 spiro atoms. The zero-order valence-corrected chi connectivity index (χ0v) is 17.8. The highest BCUT2D eigenvalue weighted by atomic mass is 32.2. The van der Waals surface area contributed by atoms with Gasteiger partial charge in [0.15, 0.2) is 11.6 Å². The van der Waals surface area contributed by atoms with Crippen molar-refractivity contribution < 1.29 is 27.6 Å². The predicted octanol–water partition coefficient (Wildman–Crippen LogP) is 2.77. The largest absolute Gasteiger partial charge is 0.339 e. The molecule has 31 heavy (non-hydrogen) atoms. The average molecular weight is 443 g/mol. The molecule has 0 saturated carbocycles. The van der Waals surface area contributed by atoms with Gasteiger partial charge in [-0.15, -0.1) is 0 Å². The molecule has 0 atom stereocenters. The summed E-state index contributed by atoms with van der Waals surface area (Å²) in [4.78, 5) is 49.9. The first-order valence-electron chi connectivity index (χ1n) is 9.55. The minimum atomic E-state index is -3.85. The first kappa shape index (κ1) is 22.2. The second-order valence-electron chi connectivity index (χ2n) is 7.04. The number of imide groups is 1. The number of unbranched alkanes of at least 4 members (excludes halogenated alkanes) is 1. The number of ketones is 2. The Morgan fingerprint density at radius 1 is 0.935 bits per heavy atom. The normalized spacial score (nSPS) is 12.6.